The molecule has 23 N–H and O–H groups in total. The molecule has 0 aliphatic rings. The minimum atomic E-state index is 0. The Morgan fingerprint density at radius 1 is 0.125 bits per heavy atom. The fourth-order valence-corrected chi connectivity index (χ4v) is 0. The average Bonchev–Trinajstić information content (AvgIpc) is 0. The van der Waals surface area contributed by atoms with Crippen molar-refractivity contribution in [2.75, 3.05) is 0 Å². The molecule has 0 spiro atoms. The molecule has 0 rings (SSSR count). The van der Waals surface area contributed by atoms with Crippen LogP contribution in [0.4, 0.5) is 0 Å². The Balaban J connectivity index is 0. The summed E-state index contributed by atoms with van der Waals surface area (Å²) in [6.07, 6.45) is 0. The Kier molecular flexibility index (Phi) is 73000. The second-order valence-electron chi connectivity index (χ2n) is 0. The number of hydrogen-bond donors (Lipinski definition) is 0. The van der Waals surface area contributed by atoms with Crippen LogP contribution >= 0.6 is 0 Å². The fraction of sp³-hybridized carbons (Fsp3) is 0. The van der Waals surface area contributed by atoms with E-state index in [0.717, 1.165) is 0 Å². The van der Waals surface area contributed by atoms with Crippen LogP contribution in [0.5, 0.6) is 0 Å². The molecule has 380 valence electrons. The monoisotopic (exact) mass is 2630 g/mol. The van der Waals surface area contributed by atoms with Crippen molar-refractivity contribution < 1.29 is 633 Å². The molecule has 0 aromatic carbocycles. The third kappa shape index (κ3) is 2040. The number of rotatable bonds is 0. The van der Waals surface area contributed by atoms with Crippen LogP contribution in [0.1, 0.15) is 0 Å². The molecule has 0 aliphatic carbocycles. The van der Waals surface area contributed by atoms with Gasteiger partial charge in [0.25, 0.3) is 0 Å². The van der Waals surface area contributed by atoms with E-state index in [0.29, 0.717) is 0 Å². The Hall–Kier alpha value is 14.7. The summed E-state index contributed by atoms with van der Waals surface area (Å²) >= 11 is 0. The molecule has 0 radical (unpaired) electrons. The molecule has 0 unspecified atom stereocenters. The van der Waals surface area contributed by atoms with Gasteiger partial charge in [0.1, 0.15) is 0 Å². The Bertz CT molecular complexity index is 101. The van der Waals surface area contributed by atoms with E-state index in [1.54, 1.807) is 0 Å². The van der Waals surface area contributed by atoms with Crippen LogP contribution in [-0.2, 0) is 325 Å². The molecule has 0 aromatic heterocycles. The predicted molar refractivity (Wildman–Crippen MR) is 77.6 cm³/mol. The summed E-state index contributed by atoms with van der Waals surface area (Å²) in [5.41, 5.74) is 0. The van der Waals surface area contributed by atoms with Gasteiger partial charge < -0.3 is 252 Å². The predicted octanol–water partition coefficient (Wildman–Crippen LogP) is -17.0. The molecule has 64 heteroatoms. The first-order valence-corrected chi connectivity index (χ1v) is 0. The average molecular weight is 2630 g/mol. The van der Waals surface area contributed by atoms with Crippen LogP contribution in [0.25, 0.3) is 0 Å². The van der Waals surface area contributed by atoms with E-state index in [4.69, 9.17) is 0 Å². The summed E-state index contributed by atoms with van der Waals surface area (Å²) in [5.74, 6) is 0. The SMILES string of the molecule is [Ca+2].[Ca+2].[Ca+2].[Na+].[Na+].[Na+].[Nb+5].[Nb+5].[Nb+5].[O-2].[O-2].[O-2].[O-2].[O-2].[O-2].[O-2].[O-2].[O-2].[O-2].[O-2].[O-2].[O-2].[O-2].[O-2].[O-2].[O-2].[O-2].[O-2].[O-2].[O-2].[O-2].[O-2].[OH-].[OH-].[OH-].[OH-].[OH-].[OH-].[OH-].[OH-].[OH-].[OH-].[OH-].[OH-].[OH-].[OH-].[OH-].[OH-].[OH-].[OH-].[OH-].[OH-].[OH-].[OH-].[OH-].[Ta+5].[Ta+5].[Ta+5].[Ti+4].[Ti+4].[Ti+4].[U].[U].[U]. The van der Waals surface area contributed by atoms with Crippen molar-refractivity contribution in [3.05, 3.63) is 0 Å². The van der Waals surface area contributed by atoms with Crippen LogP contribution in [0.2, 0.25) is 0 Å². The summed E-state index contributed by atoms with van der Waals surface area (Å²) in [4.78, 5) is 0. The van der Waals surface area contributed by atoms with Gasteiger partial charge in [0.2, 0.25) is 0 Å². The topological polar surface area (TPSA) is 1350 Å². The molecule has 0 atom stereocenters. The standard InChI is InChI=1S/3Ca.3Na.3Nb.23H2O.23O.3Ta.3Ti.3U/h;;;;;;;;;23*1H2;;;;;;;;;;;;;;;;;;;;;;;;;;;;;;;;/q3*+2;3*+1;3*+5;;;;;;;;;;;;;;;;;;;;;;;;23*-2;3*+5;3*+4;;;/p-23. The first kappa shape index (κ1) is 2200. The van der Waals surface area contributed by atoms with Gasteiger partial charge in [0.15, 0.2) is 0 Å². The van der Waals surface area contributed by atoms with Gasteiger partial charge >= 0.3 is 401 Å². The largest absolute Gasteiger partial charge is 5.00 e. The van der Waals surface area contributed by atoms with E-state index in [1.165, 1.54) is 0 Å². The fourth-order valence-electron chi connectivity index (χ4n) is 0. The first-order valence-electron chi connectivity index (χ1n) is 0. The summed E-state index contributed by atoms with van der Waals surface area (Å²) in [5, 5.41) is 0. The van der Waals surface area contributed by atoms with E-state index in [-0.39, 0.29) is 747 Å². The zero-order chi connectivity index (χ0) is 0. The number of hydrogen-bond acceptors (Lipinski definition) is 23. The van der Waals surface area contributed by atoms with Gasteiger partial charge in [-0.05, 0) is 0 Å². The molecule has 0 amide bonds. The van der Waals surface area contributed by atoms with Crippen LogP contribution < -0.4 is 88.7 Å². The Morgan fingerprint density at radius 3 is 0.125 bits per heavy atom. The van der Waals surface area contributed by atoms with Gasteiger partial charge in [0.05, 0.1) is 0 Å². The molecule has 0 bridgehead atoms. The Labute approximate surface area is 730 Å². The van der Waals surface area contributed by atoms with Gasteiger partial charge in [0, 0.05) is 93.3 Å². The van der Waals surface area contributed by atoms with Gasteiger partial charge in [-0.2, -0.15) is 0 Å². The van der Waals surface area contributed by atoms with Crippen LogP contribution in [-0.4, -0.2) is 239 Å². The molecular weight excluding hydrogens is 2600 g/mol. The molecular formula is H23Ca3Na3Nb3O46Ta3Ti3U3-18. The molecule has 0 saturated heterocycles. The van der Waals surface area contributed by atoms with E-state index in [1.807, 2.05) is 0 Å². The first-order chi connectivity index (χ1) is 0. The third-order valence-corrected chi connectivity index (χ3v) is 0. The molecule has 64 heavy (non-hydrogen) atoms. The smallest absolute Gasteiger partial charge is 2.00 e. The quantitative estimate of drug-likeness (QED) is 0.203. The van der Waals surface area contributed by atoms with Crippen molar-refractivity contribution in [3.8, 4) is 0 Å². The maximum absolute atomic E-state index is 0. The second kappa shape index (κ2) is 2120. The van der Waals surface area contributed by atoms with Crippen LogP contribution in [0.3, 0.4) is 0 Å². The van der Waals surface area contributed by atoms with Crippen molar-refractivity contribution in [2.45, 2.75) is 0 Å². The maximum Gasteiger partial charge on any atom is 5.00 e. The van der Waals surface area contributed by atoms with E-state index >= 15 is 0 Å². The third-order valence-electron chi connectivity index (χ3n) is 0. The summed E-state index contributed by atoms with van der Waals surface area (Å²) in [7, 11) is 0. The molecule has 0 aliphatic heterocycles. The van der Waals surface area contributed by atoms with Gasteiger partial charge in [-0.3, -0.25) is 0 Å². The molecule has 0 aromatic rings. The van der Waals surface area contributed by atoms with Crippen molar-refractivity contribution in [1.82, 2.24) is 0 Å². The van der Waals surface area contributed by atoms with Gasteiger partial charge in [-0.25, -0.2) is 0 Å². The Morgan fingerprint density at radius 2 is 0.125 bits per heavy atom. The minimum absolute atomic E-state index is 0. The van der Waals surface area contributed by atoms with Crippen LogP contribution in [0.15, 0.2) is 0 Å². The summed E-state index contributed by atoms with van der Waals surface area (Å²) in [6, 6.07) is 0. The van der Waals surface area contributed by atoms with E-state index in [9.17, 15) is 0 Å². The normalized spacial score (nSPS) is 0. The molecule has 46 nitrogen and oxygen atoms in total. The van der Waals surface area contributed by atoms with Crippen molar-refractivity contribution >= 4 is 113 Å². The molecule has 0 heterocycles. The van der Waals surface area contributed by atoms with E-state index in [2.05, 4.69) is 0 Å². The summed E-state index contributed by atoms with van der Waals surface area (Å²) in [6.45, 7) is 0. The van der Waals surface area contributed by atoms with Gasteiger partial charge in [-0.1, -0.05) is 0 Å². The van der Waals surface area contributed by atoms with Crippen molar-refractivity contribution in [2.24, 2.45) is 0 Å². The zero-order valence-corrected chi connectivity index (χ0v) is 76.5. The summed E-state index contributed by atoms with van der Waals surface area (Å²) < 4.78 is 0. The second-order valence-corrected chi connectivity index (χ2v) is 0. The van der Waals surface area contributed by atoms with Crippen molar-refractivity contribution in [1.29, 1.82) is 0 Å². The van der Waals surface area contributed by atoms with Crippen LogP contribution in [0, 0.1) is 93.3 Å². The zero-order valence-electron chi connectivity index (χ0n) is 30.5. The van der Waals surface area contributed by atoms with Gasteiger partial charge in [-0.15, -0.1) is 0 Å². The molecule has 0 saturated carbocycles. The maximum atomic E-state index is 0. The molecule has 0 fully saturated rings. The minimum Gasteiger partial charge on any atom is -2.00 e. The van der Waals surface area contributed by atoms with E-state index < -0.39 is 0 Å². The van der Waals surface area contributed by atoms with Crippen molar-refractivity contribution in [3.63, 3.8) is 0 Å².